The summed E-state index contributed by atoms with van der Waals surface area (Å²) in [6.07, 6.45) is -11.8. The van der Waals surface area contributed by atoms with Gasteiger partial charge in [0.15, 0.2) is 12.6 Å². The number of rotatable bonds is 16. The van der Waals surface area contributed by atoms with Gasteiger partial charge in [0.2, 0.25) is 17.7 Å². The molecule has 2 aliphatic heterocycles. The van der Waals surface area contributed by atoms with Crippen molar-refractivity contribution >= 4 is 17.7 Å². The predicted octanol–water partition coefficient (Wildman–Crippen LogP) is -2.72. The zero-order valence-corrected chi connectivity index (χ0v) is 26.7. The fourth-order valence-electron chi connectivity index (χ4n) is 5.19. The molecule has 16 heteroatoms. The molecule has 1 aromatic carbocycles. The topological polar surface area (TPSA) is 251 Å². The molecule has 3 amide bonds. The van der Waals surface area contributed by atoms with E-state index in [1.807, 2.05) is 30.3 Å². The lowest BCUT2D eigenvalue weighted by atomic mass is 10.0. The van der Waals surface area contributed by atoms with E-state index in [1.54, 1.807) is 0 Å². The number of aliphatic hydroxyl groups is 6. The van der Waals surface area contributed by atoms with Gasteiger partial charge in [0.05, 0.1) is 31.5 Å². The third kappa shape index (κ3) is 11.5. The van der Waals surface area contributed by atoms with Crippen LogP contribution in [0.25, 0.3) is 0 Å². The number of hydrogen-bond acceptors (Lipinski definition) is 14. The van der Waals surface area contributed by atoms with Gasteiger partial charge in [-0.05, 0) is 38.7 Å². The Labute approximate surface area is 273 Å². The predicted molar refractivity (Wildman–Crippen MR) is 163 cm³/mol. The van der Waals surface area contributed by atoms with Gasteiger partial charge in [-0.25, -0.2) is 0 Å². The van der Waals surface area contributed by atoms with Crippen molar-refractivity contribution in [2.45, 2.75) is 113 Å². The van der Waals surface area contributed by atoms with E-state index >= 15 is 0 Å². The molecule has 0 saturated carbocycles. The molecule has 16 nitrogen and oxygen atoms in total. The Morgan fingerprint density at radius 3 is 1.79 bits per heavy atom. The number of benzene rings is 1. The molecule has 3 rings (SSSR count). The number of carbonyl (C=O) groups excluding carboxylic acids is 3. The molecule has 9 N–H and O–H groups in total. The molecule has 1 aromatic rings. The minimum atomic E-state index is -1.52. The molecule has 47 heavy (non-hydrogen) atoms. The Morgan fingerprint density at radius 1 is 0.787 bits per heavy atom. The van der Waals surface area contributed by atoms with E-state index < -0.39 is 79.3 Å². The lowest BCUT2D eigenvalue weighted by Gasteiger charge is -2.39. The zero-order chi connectivity index (χ0) is 34.7. The van der Waals surface area contributed by atoms with Crippen LogP contribution in [-0.4, -0.2) is 147 Å². The maximum absolute atomic E-state index is 13.2. The minimum Gasteiger partial charge on any atom is -0.388 e. The first-order valence-corrected chi connectivity index (χ1v) is 15.8. The second-order valence-electron chi connectivity index (χ2n) is 11.9. The number of imide groups is 1. The number of hydrogen-bond donors (Lipinski definition) is 8. The van der Waals surface area contributed by atoms with Gasteiger partial charge in [-0.2, -0.15) is 0 Å². The number of nitrogens with two attached hydrogens (primary N) is 1. The molecule has 11 atom stereocenters. The van der Waals surface area contributed by atoms with Crippen LogP contribution in [0.15, 0.2) is 30.3 Å². The highest BCUT2D eigenvalue weighted by atomic mass is 16.7. The van der Waals surface area contributed by atoms with Gasteiger partial charge in [-0.15, -0.1) is 0 Å². The number of aliphatic hydroxyl groups excluding tert-OH is 6. The summed E-state index contributed by atoms with van der Waals surface area (Å²) in [5.74, 6) is -1.43. The van der Waals surface area contributed by atoms with Crippen LogP contribution < -0.4 is 11.1 Å². The van der Waals surface area contributed by atoms with Crippen LogP contribution in [0.5, 0.6) is 0 Å². The molecule has 0 aromatic heterocycles. The molecule has 2 saturated heterocycles. The first-order chi connectivity index (χ1) is 22.3. The third-order valence-corrected chi connectivity index (χ3v) is 8.20. The molecule has 0 aliphatic carbocycles. The average molecular weight is 672 g/mol. The molecule has 0 radical (unpaired) electrons. The highest BCUT2D eigenvalue weighted by Crippen LogP contribution is 2.23. The summed E-state index contributed by atoms with van der Waals surface area (Å²) >= 11 is 0. The van der Waals surface area contributed by atoms with Crippen LogP contribution >= 0.6 is 0 Å². The first kappa shape index (κ1) is 38.8. The van der Waals surface area contributed by atoms with E-state index in [-0.39, 0.29) is 51.5 Å². The summed E-state index contributed by atoms with van der Waals surface area (Å²) in [6.45, 7) is 2.78. The van der Waals surface area contributed by atoms with E-state index in [4.69, 9.17) is 24.7 Å². The quantitative estimate of drug-likeness (QED) is 0.0832. The Balaban J connectivity index is 1.47. The summed E-state index contributed by atoms with van der Waals surface area (Å²) in [5, 5.41) is 62.6. The van der Waals surface area contributed by atoms with E-state index in [0.717, 1.165) is 5.56 Å². The van der Waals surface area contributed by atoms with Crippen molar-refractivity contribution in [3.05, 3.63) is 35.9 Å². The maximum atomic E-state index is 13.2. The van der Waals surface area contributed by atoms with Gasteiger partial charge in [0.25, 0.3) is 0 Å². The lowest BCUT2D eigenvalue weighted by Crippen LogP contribution is -2.57. The van der Waals surface area contributed by atoms with Crippen molar-refractivity contribution < 1.29 is 64.0 Å². The van der Waals surface area contributed by atoms with Crippen molar-refractivity contribution in [3.63, 3.8) is 0 Å². The average Bonchev–Trinajstić information content (AvgIpc) is 3.05. The largest absolute Gasteiger partial charge is 0.388 e. The number of amides is 3. The van der Waals surface area contributed by atoms with Crippen molar-refractivity contribution in [2.24, 2.45) is 5.73 Å². The highest BCUT2D eigenvalue weighted by molar-refractivity contribution is 5.97. The summed E-state index contributed by atoms with van der Waals surface area (Å²) in [4.78, 5) is 39.2. The number of nitrogens with one attached hydrogen (secondary N) is 1. The number of carbonyl (C=O) groups is 3. The summed E-state index contributed by atoms with van der Waals surface area (Å²) < 4.78 is 22.0. The molecular formula is C31H49N3O13. The Morgan fingerprint density at radius 2 is 1.28 bits per heavy atom. The second kappa shape index (κ2) is 18.8. The van der Waals surface area contributed by atoms with Crippen molar-refractivity contribution in [2.75, 3.05) is 26.3 Å². The fraction of sp³-hybridized carbons (Fsp3) is 0.710. The lowest BCUT2D eigenvalue weighted by molar-refractivity contribution is -0.295. The SMILES string of the molecule is C[C@@H]1O[C@@H](OCCN(CCO[C@@H]2O[C@@H](C)[C@@H](O)[C@@H](O)[C@@H]2O)C(=O)CCCCC(=O)NC(=O)[C@@H](N)Cc2ccccc2)[C@@H](O)[C@H](O)[C@@H]1O. The van der Waals surface area contributed by atoms with Gasteiger partial charge in [-0.1, -0.05) is 30.3 Å². The van der Waals surface area contributed by atoms with Gasteiger partial charge >= 0.3 is 0 Å². The molecule has 2 heterocycles. The highest BCUT2D eigenvalue weighted by Gasteiger charge is 2.43. The molecule has 266 valence electrons. The van der Waals surface area contributed by atoms with Crippen LogP contribution in [-0.2, 0) is 39.8 Å². The van der Waals surface area contributed by atoms with E-state index in [9.17, 15) is 45.0 Å². The molecule has 0 unspecified atom stereocenters. The normalized spacial score (nSPS) is 31.6. The van der Waals surface area contributed by atoms with E-state index in [2.05, 4.69) is 5.32 Å². The summed E-state index contributed by atoms with van der Waals surface area (Å²) in [5.41, 5.74) is 6.79. The second-order valence-corrected chi connectivity index (χ2v) is 11.9. The number of unbranched alkanes of at least 4 members (excludes halogenated alkanes) is 1. The number of ether oxygens (including phenoxy) is 4. The van der Waals surface area contributed by atoms with Crippen LogP contribution in [0.3, 0.4) is 0 Å². The molecule has 2 fully saturated rings. The Bertz CT molecular complexity index is 1090. The monoisotopic (exact) mass is 671 g/mol. The van der Waals surface area contributed by atoms with Crippen LogP contribution in [0.2, 0.25) is 0 Å². The summed E-state index contributed by atoms with van der Waals surface area (Å²) in [6, 6.07) is 8.27. The van der Waals surface area contributed by atoms with Crippen LogP contribution in [0.1, 0.15) is 45.1 Å². The Hall–Kier alpha value is -2.61. The zero-order valence-electron chi connectivity index (χ0n) is 26.7. The van der Waals surface area contributed by atoms with Crippen molar-refractivity contribution in [1.29, 1.82) is 0 Å². The van der Waals surface area contributed by atoms with Gasteiger partial charge < -0.3 is 60.2 Å². The minimum absolute atomic E-state index is 0.00190. The maximum Gasteiger partial charge on any atom is 0.243 e. The third-order valence-electron chi connectivity index (χ3n) is 8.20. The fourth-order valence-corrected chi connectivity index (χ4v) is 5.19. The Kier molecular flexibility index (Phi) is 15.5. The van der Waals surface area contributed by atoms with E-state index in [0.29, 0.717) is 12.8 Å². The van der Waals surface area contributed by atoms with Crippen molar-refractivity contribution in [1.82, 2.24) is 10.2 Å². The van der Waals surface area contributed by atoms with Gasteiger partial charge in [0.1, 0.15) is 36.6 Å². The van der Waals surface area contributed by atoms with Gasteiger partial charge in [-0.3, -0.25) is 19.7 Å². The molecular weight excluding hydrogens is 622 g/mol. The number of nitrogens with zero attached hydrogens (tertiary/aromatic N) is 1. The first-order valence-electron chi connectivity index (χ1n) is 15.8. The summed E-state index contributed by atoms with van der Waals surface area (Å²) in [7, 11) is 0. The van der Waals surface area contributed by atoms with Crippen molar-refractivity contribution in [3.8, 4) is 0 Å². The van der Waals surface area contributed by atoms with E-state index in [1.165, 1.54) is 18.7 Å². The molecule has 0 spiro atoms. The smallest absolute Gasteiger partial charge is 0.243 e. The molecule has 0 bridgehead atoms. The standard InChI is InChI=1S/C31H49N3O13/c1-17-23(37)25(39)27(41)30(46-17)44-14-12-34(13-15-45-31-28(42)26(40)24(38)18(2)47-31)22(36)11-7-6-10-21(35)33-29(43)20(32)16-19-8-4-3-5-9-19/h3-5,8-9,17-18,20,23-28,30-31,37-42H,6-7,10-16,32H2,1-2H3,(H,33,35,43)/t17-,18-,20-,23+,24+,25+,26+,27-,28-,30+,31+/m0/s1. The molecule has 2 aliphatic rings. The van der Waals surface area contributed by atoms with Gasteiger partial charge in [0, 0.05) is 25.9 Å². The van der Waals surface area contributed by atoms with Crippen LogP contribution in [0.4, 0.5) is 0 Å². The van der Waals surface area contributed by atoms with Crippen LogP contribution in [0, 0.1) is 0 Å².